The first-order valence-electron chi connectivity index (χ1n) is 13.6. The van der Waals surface area contributed by atoms with Gasteiger partial charge in [0.25, 0.3) is 6.33 Å². The standard InChI is InChI=1S/C34H43N2/c1-22(2)28-17-13-18-29(23(3)4)33(28)35-21-36(32(26(35)9)27-15-11-10-12-16-27)34-30(24(5)6)19-14-20-31(34)25(7)8/h10-25H,1-9H3/q+1. The van der Waals surface area contributed by atoms with E-state index < -0.39 is 0 Å². The van der Waals surface area contributed by atoms with Crippen molar-refractivity contribution in [3.63, 3.8) is 0 Å². The summed E-state index contributed by atoms with van der Waals surface area (Å²) in [6, 6.07) is 24.6. The Labute approximate surface area is 218 Å². The van der Waals surface area contributed by atoms with Crippen molar-refractivity contribution in [1.82, 2.24) is 4.57 Å². The maximum absolute atomic E-state index is 2.48. The van der Waals surface area contributed by atoms with Crippen LogP contribution in [0.3, 0.4) is 0 Å². The summed E-state index contributed by atoms with van der Waals surface area (Å²) >= 11 is 0. The number of benzene rings is 3. The number of imidazole rings is 1. The lowest BCUT2D eigenvalue weighted by atomic mass is 9.92. The van der Waals surface area contributed by atoms with Crippen molar-refractivity contribution in [3.8, 4) is 22.6 Å². The molecule has 1 heterocycles. The lowest BCUT2D eigenvalue weighted by Crippen LogP contribution is -2.34. The van der Waals surface area contributed by atoms with Crippen molar-refractivity contribution in [2.24, 2.45) is 0 Å². The molecule has 3 aromatic carbocycles. The summed E-state index contributed by atoms with van der Waals surface area (Å²) in [5, 5.41) is 0. The Morgan fingerprint density at radius 2 is 1.00 bits per heavy atom. The van der Waals surface area contributed by atoms with Crippen molar-refractivity contribution in [3.05, 3.63) is 101 Å². The predicted molar refractivity (Wildman–Crippen MR) is 154 cm³/mol. The smallest absolute Gasteiger partial charge is 0.198 e. The summed E-state index contributed by atoms with van der Waals surface area (Å²) in [7, 11) is 0. The number of hydrogen-bond donors (Lipinski definition) is 0. The van der Waals surface area contributed by atoms with Crippen LogP contribution in [0.5, 0.6) is 0 Å². The maximum atomic E-state index is 2.48. The third-order valence-electron chi connectivity index (χ3n) is 7.39. The lowest BCUT2D eigenvalue weighted by molar-refractivity contribution is -0.584. The van der Waals surface area contributed by atoms with E-state index >= 15 is 0 Å². The Kier molecular flexibility index (Phi) is 7.54. The fourth-order valence-corrected chi connectivity index (χ4v) is 5.47. The maximum Gasteiger partial charge on any atom is 0.254 e. The minimum Gasteiger partial charge on any atom is -0.198 e. The van der Waals surface area contributed by atoms with Gasteiger partial charge < -0.3 is 0 Å². The third kappa shape index (κ3) is 4.66. The Hall–Kier alpha value is -3.13. The van der Waals surface area contributed by atoms with Crippen LogP contribution >= 0.6 is 0 Å². The molecule has 0 N–H and O–H groups in total. The molecule has 188 valence electrons. The molecule has 4 aromatic rings. The van der Waals surface area contributed by atoms with Crippen LogP contribution in [0, 0.1) is 6.92 Å². The van der Waals surface area contributed by atoms with Crippen molar-refractivity contribution < 1.29 is 4.57 Å². The molecule has 0 aliphatic carbocycles. The van der Waals surface area contributed by atoms with E-state index in [4.69, 9.17) is 0 Å². The molecule has 0 aliphatic heterocycles. The number of aromatic nitrogens is 2. The lowest BCUT2D eigenvalue weighted by Gasteiger charge is -2.18. The Balaban J connectivity index is 2.17. The van der Waals surface area contributed by atoms with Crippen LogP contribution in [0.1, 0.15) is 107 Å². The van der Waals surface area contributed by atoms with E-state index in [-0.39, 0.29) is 0 Å². The van der Waals surface area contributed by atoms with Crippen molar-refractivity contribution in [2.75, 3.05) is 0 Å². The molecule has 0 saturated carbocycles. The summed E-state index contributed by atoms with van der Waals surface area (Å²) in [4.78, 5) is 0. The predicted octanol–water partition coefficient (Wildman–Crippen LogP) is 9.22. The zero-order chi connectivity index (χ0) is 26.1. The molecule has 0 aliphatic rings. The summed E-state index contributed by atoms with van der Waals surface area (Å²) in [5.74, 6) is 1.71. The van der Waals surface area contributed by atoms with Crippen LogP contribution in [-0.4, -0.2) is 4.57 Å². The van der Waals surface area contributed by atoms with Crippen LogP contribution in [0.2, 0.25) is 0 Å². The van der Waals surface area contributed by atoms with E-state index in [1.54, 1.807) is 0 Å². The second kappa shape index (κ2) is 10.5. The molecule has 4 rings (SSSR count). The van der Waals surface area contributed by atoms with E-state index in [9.17, 15) is 0 Å². The van der Waals surface area contributed by atoms with Crippen LogP contribution < -0.4 is 4.57 Å². The zero-order valence-electron chi connectivity index (χ0n) is 23.6. The second-order valence-corrected chi connectivity index (χ2v) is 11.3. The van der Waals surface area contributed by atoms with Gasteiger partial charge in [0.15, 0.2) is 11.4 Å². The minimum atomic E-state index is 0.424. The summed E-state index contributed by atoms with van der Waals surface area (Å²) in [5.41, 5.74) is 12.0. The Morgan fingerprint density at radius 3 is 1.44 bits per heavy atom. The molecule has 0 spiro atoms. The summed E-state index contributed by atoms with van der Waals surface area (Å²) in [6.07, 6.45) is 2.36. The van der Waals surface area contributed by atoms with Crippen LogP contribution in [-0.2, 0) is 0 Å². The molecular weight excluding hydrogens is 436 g/mol. The van der Waals surface area contributed by atoms with E-state index in [1.165, 1.54) is 50.6 Å². The van der Waals surface area contributed by atoms with Gasteiger partial charge >= 0.3 is 0 Å². The van der Waals surface area contributed by atoms with Crippen molar-refractivity contribution >= 4 is 0 Å². The van der Waals surface area contributed by atoms with Gasteiger partial charge in [-0.15, -0.1) is 0 Å². The van der Waals surface area contributed by atoms with Crippen molar-refractivity contribution in [1.29, 1.82) is 0 Å². The van der Waals surface area contributed by atoms with E-state index in [2.05, 4.69) is 145 Å². The van der Waals surface area contributed by atoms with Gasteiger partial charge in [-0.05, 0) is 23.7 Å². The minimum absolute atomic E-state index is 0.424. The quantitative estimate of drug-likeness (QED) is 0.234. The molecule has 2 heteroatoms. The van der Waals surface area contributed by atoms with Gasteiger partial charge in [0.1, 0.15) is 11.4 Å². The van der Waals surface area contributed by atoms with Gasteiger partial charge in [-0.1, -0.05) is 122 Å². The first-order chi connectivity index (χ1) is 17.1. The number of hydrogen-bond acceptors (Lipinski definition) is 0. The highest BCUT2D eigenvalue weighted by atomic mass is 15.2. The molecule has 0 fully saturated rings. The summed E-state index contributed by atoms with van der Waals surface area (Å²) in [6.45, 7) is 20.7. The molecule has 0 atom stereocenters. The highest BCUT2D eigenvalue weighted by Gasteiger charge is 2.31. The first kappa shape index (κ1) is 25.9. The van der Waals surface area contributed by atoms with E-state index in [0.717, 1.165) is 0 Å². The van der Waals surface area contributed by atoms with E-state index in [0.29, 0.717) is 23.7 Å². The molecule has 0 bridgehead atoms. The molecule has 0 amide bonds. The monoisotopic (exact) mass is 479 g/mol. The molecular formula is C34H43N2+. The third-order valence-corrected chi connectivity index (χ3v) is 7.39. The fraction of sp³-hybridized carbons (Fsp3) is 0.382. The number of nitrogens with zero attached hydrogens (tertiary/aromatic N) is 2. The van der Waals surface area contributed by atoms with Crippen molar-refractivity contribution in [2.45, 2.75) is 86.0 Å². The van der Waals surface area contributed by atoms with Crippen LogP contribution in [0.4, 0.5) is 0 Å². The highest BCUT2D eigenvalue weighted by Crippen LogP contribution is 2.36. The van der Waals surface area contributed by atoms with Gasteiger partial charge in [-0.2, -0.15) is 9.13 Å². The second-order valence-electron chi connectivity index (χ2n) is 11.3. The normalized spacial score (nSPS) is 11.9. The van der Waals surface area contributed by atoms with Gasteiger partial charge in [0, 0.05) is 34.7 Å². The molecule has 0 radical (unpaired) electrons. The molecule has 0 saturated heterocycles. The largest absolute Gasteiger partial charge is 0.254 e. The van der Waals surface area contributed by atoms with E-state index in [1.807, 2.05) is 0 Å². The molecule has 36 heavy (non-hydrogen) atoms. The average Bonchev–Trinajstić information content (AvgIpc) is 3.19. The first-order valence-corrected chi connectivity index (χ1v) is 13.6. The summed E-state index contributed by atoms with van der Waals surface area (Å²) < 4.78 is 4.95. The SMILES string of the molecule is Cc1c(-c2ccccc2)[n+](-c2c(C(C)C)cccc2C(C)C)cn1-c1c(C(C)C)cccc1C(C)C. The fourth-order valence-electron chi connectivity index (χ4n) is 5.47. The Bertz CT molecular complexity index is 1280. The molecule has 0 unspecified atom stereocenters. The van der Waals surface area contributed by atoms with Gasteiger partial charge in [-0.25, -0.2) is 0 Å². The molecule has 2 nitrogen and oxygen atoms in total. The number of para-hydroxylation sites is 2. The van der Waals surface area contributed by atoms with Gasteiger partial charge in [0.05, 0.1) is 0 Å². The average molecular weight is 480 g/mol. The van der Waals surface area contributed by atoms with Crippen LogP contribution in [0.15, 0.2) is 73.1 Å². The van der Waals surface area contributed by atoms with Crippen LogP contribution in [0.25, 0.3) is 22.6 Å². The van der Waals surface area contributed by atoms with Gasteiger partial charge in [0.2, 0.25) is 0 Å². The highest BCUT2D eigenvalue weighted by molar-refractivity contribution is 5.63. The zero-order valence-corrected chi connectivity index (χ0v) is 23.6. The van der Waals surface area contributed by atoms with Gasteiger partial charge in [-0.3, -0.25) is 0 Å². The molecule has 1 aromatic heterocycles. The Morgan fingerprint density at radius 1 is 0.556 bits per heavy atom. The topological polar surface area (TPSA) is 8.81 Å². The number of rotatable bonds is 7.